The Hall–Kier alpha value is -0.950. The van der Waals surface area contributed by atoms with Crippen molar-refractivity contribution < 1.29 is 9.59 Å². The van der Waals surface area contributed by atoms with E-state index in [4.69, 9.17) is 17.3 Å². The number of carbonyl (C=O) groups is 2. The number of nitrogens with zero attached hydrogens (tertiary/aromatic N) is 1. The molecule has 1 saturated heterocycles. The van der Waals surface area contributed by atoms with Crippen molar-refractivity contribution in [3.63, 3.8) is 0 Å². The van der Waals surface area contributed by atoms with E-state index in [1.165, 1.54) is 11.8 Å². The zero-order chi connectivity index (χ0) is 17.4. The van der Waals surface area contributed by atoms with E-state index < -0.39 is 0 Å². The van der Waals surface area contributed by atoms with Gasteiger partial charge in [-0.05, 0) is 43.5 Å². The van der Waals surface area contributed by atoms with Crippen LogP contribution in [0.15, 0.2) is 29.2 Å². The molecule has 0 bridgehead atoms. The summed E-state index contributed by atoms with van der Waals surface area (Å²) < 4.78 is 0. The molecule has 25 heavy (non-hydrogen) atoms. The van der Waals surface area contributed by atoms with Crippen molar-refractivity contribution in [2.24, 2.45) is 5.73 Å². The molecule has 1 atom stereocenters. The monoisotopic (exact) mass is 405 g/mol. The van der Waals surface area contributed by atoms with Crippen molar-refractivity contribution in [3.8, 4) is 0 Å². The number of rotatable bonds is 7. The Kier molecular flexibility index (Phi) is 10.3. The van der Waals surface area contributed by atoms with E-state index in [0.717, 1.165) is 30.7 Å². The first kappa shape index (κ1) is 22.1. The highest BCUT2D eigenvalue weighted by atomic mass is 35.5. The molecule has 0 radical (unpaired) electrons. The standard InChI is InChI=1S/C17H24ClN3O2S.ClH/c18-13-4-6-15(7-5-13)24-12-17(23)21-10-2-1-3-14(21)11-20-16(22)8-9-19;/h4-7,14H,1-3,8-12,19H2,(H,20,22);1H. The van der Waals surface area contributed by atoms with Gasteiger partial charge in [-0.3, -0.25) is 9.59 Å². The van der Waals surface area contributed by atoms with Crippen LogP contribution in [0.2, 0.25) is 5.02 Å². The Bertz CT molecular complexity index is 557. The van der Waals surface area contributed by atoms with Crippen LogP contribution >= 0.6 is 35.8 Å². The van der Waals surface area contributed by atoms with Gasteiger partial charge in [0.05, 0.1) is 5.75 Å². The third kappa shape index (κ3) is 7.44. The maximum absolute atomic E-state index is 12.6. The van der Waals surface area contributed by atoms with Gasteiger partial charge in [0.1, 0.15) is 0 Å². The van der Waals surface area contributed by atoms with Crippen LogP contribution in [0.1, 0.15) is 25.7 Å². The average molecular weight is 406 g/mol. The van der Waals surface area contributed by atoms with Crippen LogP contribution in [0.5, 0.6) is 0 Å². The summed E-state index contributed by atoms with van der Waals surface area (Å²) in [5.41, 5.74) is 5.38. The maximum Gasteiger partial charge on any atom is 0.233 e. The van der Waals surface area contributed by atoms with E-state index >= 15 is 0 Å². The Morgan fingerprint density at radius 1 is 1.28 bits per heavy atom. The molecule has 5 nitrogen and oxygen atoms in total. The van der Waals surface area contributed by atoms with E-state index in [1.807, 2.05) is 29.2 Å². The predicted octanol–water partition coefficient (Wildman–Crippen LogP) is 2.70. The van der Waals surface area contributed by atoms with Crippen LogP contribution in [0.3, 0.4) is 0 Å². The zero-order valence-corrected chi connectivity index (χ0v) is 16.5. The van der Waals surface area contributed by atoms with Crippen molar-refractivity contribution in [1.82, 2.24) is 10.2 Å². The highest BCUT2D eigenvalue weighted by Gasteiger charge is 2.26. The number of thioether (sulfide) groups is 1. The summed E-state index contributed by atoms with van der Waals surface area (Å²) in [5.74, 6) is 0.466. The molecule has 140 valence electrons. The van der Waals surface area contributed by atoms with Gasteiger partial charge in [0, 0.05) is 42.0 Å². The second-order valence-corrected chi connectivity index (χ2v) is 7.31. The normalized spacial score (nSPS) is 16.9. The molecule has 1 aliphatic rings. The molecule has 0 aliphatic carbocycles. The molecular weight excluding hydrogens is 381 g/mol. The number of likely N-dealkylation sites (tertiary alicyclic amines) is 1. The predicted molar refractivity (Wildman–Crippen MR) is 105 cm³/mol. The molecule has 3 N–H and O–H groups in total. The number of hydrogen-bond acceptors (Lipinski definition) is 4. The van der Waals surface area contributed by atoms with E-state index in [9.17, 15) is 9.59 Å². The van der Waals surface area contributed by atoms with Gasteiger partial charge in [-0.25, -0.2) is 0 Å². The lowest BCUT2D eigenvalue weighted by Gasteiger charge is -2.36. The molecule has 2 amide bonds. The summed E-state index contributed by atoms with van der Waals surface area (Å²) in [6.07, 6.45) is 3.36. The number of benzene rings is 1. The lowest BCUT2D eigenvalue weighted by atomic mass is 10.0. The lowest BCUT2D eigenvalue weighted by molar-refractivity contribution is -0.132. The van der Waals surface area contributed by atoms with Crippen LogP contribution in [-0.4, -0.2) is 48.1 Å². The number of amides is 2. The number of piperidine rings is 1. The Labute approximate surface area is 164 Å². The second-order valence-electron chi connectivity index (χ2n) is 5.82. The first-order valence-electron chi connectivity index (χ1n) is 8.24. The van der Waals surface area contributed by atoms with E-state index in [2.05, 4.69) is 5.32 Å². The van der Waals surface area contributed by atoms with Gasteiger partial charge in [-0.2, -0.15) is 0 Å². The fourth-order valence-electron chi connectivity index (χ4n) is 2.75. The van der Waals surface area contributed by atoms with Crippen molar-refractivity contribution in [1.29, 1.82) is 0 Å². The third-order valence-electron chi connectivity index (χ3n) is 4.03. The van der Waals surface area contributed by atoms with Crippen molar-refractivity contribution in [2.75, 3.05) is 25.4 Å². The van der Waals surface area contributed by atoms with E-state index in [1.54, 1.807) is 0 Å². The fraction of sp³-hybridized carbons (Fsp3) is 0.529. The van der Waals surface area contributed by atoms with Crippen LogP contribution in [0, 0.1) is 0 Å². The smallest absolute Gasteiger partial charge is 0.233 e. The second kappa shape index (κ2) is 11.6. The maximum atomic E-state index is 12.6. The Morgan fingerprint density at radius 3 is 2.68 bits per heavy atom. The molecule has 1 aromatic carbocycles. The molecule has 0 spiro atoms. The Balaban J connectivity index is 0.00000312. The number of hydrogen-bond donors (Lipinski definition) is 2. The summed E-state index contributed by atoms with van der Waals surface area (Å²) in [7, 11) is 0. The van der Waals surface area contributed by atoms with Gasteiger partial charge in [0.25, 0.3) is 0 Å². The van der Waals surface area contributed by atoms with Crippen LogP contribution < -0.4 is 11.1 Å². The molecule has 1 heterocycles. The van der Waals surface area contributed by atoms with Gasteiger partial charge in [-0.15, -0.1) is 24.2 Å². The van der Waals surface area contributed by atoms with Crippen LogP contribution in [0.25, 0.3) is 0 Å². The molecule has 1 aromatic rings. The summed E-state index contributed by atoms with van der Waals surface area (Å²) >= 11 is 7.38. The topological polar surface area (TPSA) is 75.4 Å². The van der Waals surface area contributed by atoms with Crippen molar-refractivity contribution in [3.05, 3.63) is 29.3 Å². The zero-order valence-electron chi connectivity index (χ0n) is 14.1. The first-order valence-corrected chi connectivity index (χ1v) is 9.61. The Morgan fingerprint density at radius 2 is 2.00 bits per heavy atom. The quantitative estimate of drug-likeness (QED) is 0.683. The first-order chi connectivity index (χ1) is 11.6. The molecule has 8 heteroatoms. The van der Waals surface area contributed by atoms with Gasteiger partial charge in [0.2, 0.25) is 11.8 Å². The largest absolute Gasteiger partial charge is 0.354 e. The van der Waals surface area contributed by atoms with E-state index in [0.29, 0.717) is 30.3 Å². The molecule has 1 aliphatic heterocycles. The van der Waals surface area contributed by atoms with Crippen LogP contribution in [-0.2, 0) is 9.59 Å². The SMILES string of the molecule is Cl.NCCC(=O)NCC1CCCCN1C(=O)CSc1ccc(Cl)cc1. The number of nitrogens with one attached hydrogen (secondary N) is 1. The number of carbonyl (C=O) groups excluding carboxylic acids is 2. The fourth-order valence-corrected chi connectivity index (χ4v) is 3.66. The van der Waals surface area contributed by atoms with Gasteiger partial charge in [0.15, 0.2) is 0 Å². The highest BCUT2D eigenvalue weighted by molar-refractivity contribution is 8.00. The highest BCUT2D eigenvalue weighted by Crippen LogP contribution is 2.23. The van der Waals surface area contributed by atoms with Crippen molar-refractivity contribution in [2.45, 2.75) is 36.6 Å². The molecule has 1 unspecified atom stereocenters. The third-order valence-corrected chi connectivity index (χ3v) is 5.28. The minimum Gasteiger partial charge on any atom is -0.354 e. The van der Waals surface area contributed by atoms with Gasteiger partial charge >= 0.3 is 0 Å². The number of nitrogens with two attached hydrogens (primary N) is 1. The molecule has 0 saturated carbocycles. The summed E-state index contributed by atoms with van der Waals surface area (Å²) in [4.78, 5) is 27.1. The van der Waals surface area contributed by atoms with Crippen LogP contribution in [0.4, 0.5) is 0 Å². The van der Waals surface area contributed by atoms with Gasteiger partial charge < -0.3 is 16.0 Å². The summed E-state index contributed by atoms with van der Waals surface area (Å²) in [6.45, 7) is 1.62. The van der Waals surface area contributed by atoms with Crippen molar-refractivity contribution >= 4 is 47.6 Å². The number of halogens is 2. The average Bonchev–Trinajstić information content (AvgIpc) is 2.60. The minimum absolute atomic E-state index is 0. The lowest BCUT2D eigenvalue weighted by Crippen LogP contribution is -2.50. The molecule has 0 aromatic heterocycles. The van der Waals surface area contributed by atoms with Gasteiger partial charge in [-0.1, -0.05) is 11.6 Å². The summed E-state index contributed by atoms with van der Waals surface area (Å²) in [6, 6.07) is 7.57. The van der Waals surface area contributed by atoms with E-state index in [-0.39, 0.29) is 30.3 Å². The molecule has 2 rings (SSSR count). The minimum atomic E-state index is -0.0500. The molecular formula is C17H25Cl2N3O2S. The molecule has 1 fully saturated rings. The summed E-state index contributed by atoms with van der Waals surface area (Å²) in [5, 5.41) is 3.57.